The van der Waals surface area contributed by atoms with Gasteiger partial charge < -0.3 is 19.1 Å². The zero-order valence-corrected chi connectivity index (χ0v) is 26.0. The number of ether oxygens (including phenoxy) is 1. The standard InChI is InChI=1S/C32H38F4N4O4/c1-18(2)39(20(4)32(34,35)36)29(42)24-16-22(33)8-9-25(24)40-19(3)27(23-10-13-37-17-26(23)40)28(41)21-11-14-38(15-12-21)30(43)44-31(5,6)7/h8-10,13,16-18,20-21H,11-12,14-15H2,1-7H3/t20-/m1/s1. The number of hydrogen-bond acceptors (Lipinski definition) is 5. The lowest BCUT2D eigenvalue weighted by Gasteiger charge is -2.34. The monoisotopic (exact) mass is 618 g/mol. The first-order valence-corrected chi connectivity index (χ1v) is 14.6. The Hall–Kier alpha value is -3.96. The first-order valence-electron chi connectivity index (χ1n) is 14.6. The number of likely N-dealkylation sites (tertiary alicyclic amines) is 1. The molecule has 1 atom stereocenters. The lowest BCUT2D eigenvalue weighted by molar-refractivity contribution is -0.175. The summed E-state index contributed by atoms with van der Waals surface area (Å²) in [5, 5.41) is 0.546. The molecule has 1 aromatic carbocycles. The first-order chi connectivity index (χ1) is 20.4. The molecule has 2 amide bonds. The van der Waals surface area contributed by atoms with Crippen LogP contribution < -0.4 is 0 Å². The first kappa shape index (κ1) is 32.9. The molecule has 1 aliphatic rings. The van der Waals surface area contributed by atoms with E-state index in [-0.39, 0.29) is 17.0 Å². The summed E-state index contributed by atoms with van der Waals surface area (Å²) in [5.41, 5.74) is 0.474. The highest BCUT2D eigenvalue weighted by Crippen LogP contribution is 2.35. The third kappa shape index (κ3) is 6.58. The average Bonchev–Trinajstić information content (AvgIpc) is 3.22. The number of piperidine rings is 1. The topological polar surface area (TPSA) is 84.7 Å². The van der Waals surface area contributed by atoms with Gasteiger partial charge in [0, 0.05) is 47.9 Å². The molecule has 0 N–H and O–H groups in total. The van der Waals surface area contributed by atoms with Crippen molar-refractivity contribution in [2.45, 2.75) is 85.2 Å². The molecule has 1 saturated heterocycles. The van der Waals surface area contributed by atoms with Crippen LogP contribution in [0.25, 0.3) is 16.6 Å². The van der Waals surface area contributed by atoms with Crippen LogP contribution >= 0.6 is 0 Å². The van der Waals surface area contributed by atoms with Crippen molar-refractivity contribution in [2.75, 3.05) is 13.1 Å². The number of amides is 2. The van der Waals surface area contributed by atoms with Crippen LogP contribution in [-0.2, 0) is 4.74 Å². The number of benzene rings is 1. The zero-order chi connectivity index (χ0) is 32.7. The number of nitrogens with zero attached hydrogens (tertiary/aromatic N) is 4. The average molecular weight is 619 g/mol. The molecule has 3 heterocycles. The van der Waals surface area contributed by atoms with Gasteiger partial charge in [0.2, 0.25) is 0 Å². The van der Waals surface area contributed by atoms with Crippen LogP contribution in [0.5, 0.6) is 0 Å². The van der Waals surface area contributed by atoms with Gasteiger partial charge in [-0.3, -0.25) is 14.6 Å². The molecule has 238 valence electrons. The second-order valence-electron chi connectivity index (χ2n) is 12.5. The SMILES string of the molecule is Cc1c(C(=O)C2CCN(C(=O)OC(C)(C)C)CC2)c2ccncc2n1-c1ccc(F)cc1C(=O)N(C(C)C)[C@H](C)C(F)(F)F. The Morgan fingerprint density at radius 3 is 2.25 bits per heavy atom. The van der Waals surface area contributed by atoms with Crippen molar-refractivity contribution in [3.8, 4) is 5.69 Å². The van der Waals surface area contributed by atoms with E-state index in [2.05, 4.69) is 4.98 Å². The van der Waals surface area contributed by atoms with Crippen molar-refractivity contribution in [1.82, 2.24) is 19.4 Å². The molecule has 0 bridgehead atoms. The van der Waals surface area contributed by atoms with Gasteiger partial charge >= 0.3 is 12.3 Å². The Morgan fingerprint density at radius 2 is 1.68 bits per heavy atom. The Balaban J connectivity index is 1.76. The molecule has 44 heavy (non-hydrogen) atoms. The highest BCUT2D eigenvalue weighted by atomic mass is 19.4. The van der Waals surface area contributed by atoms with Crippen molar-refractivity contribution in [3.63, 3.8) is 0 Å². The van der Waals surface area contributed by atoms with E-state index in [4.69, 9.17) is 4.74 Å². The zero-order valence-electron chi connectivity index (χ0n) is 26.0. The summed E-state index contributed by atoms with van der Waals surface area (Å²) >= 11 is 0. The largest absolute Gasteiger partial charge is 0.444 e. The molecule has 0 unspecified atom stereocenters. The fraction of sp³-hybridized carbons (Fsp3) is 0.500. The summed E-state index contributed by atoms with van der Waals surface area (Å²) in [6, 6.07) is 2.06. The predicted octanol–water partition coefficient (Wildman–Crippen LogP) is 7.10. The van der Waals surface area contributed by atoms with Gasteiger partial charge in [0.15, 0.2) is 5.78 Å². The number of aromatic nitrogens is 2. The van der Waals surface area contributed by atoms with E-state index in [0.717, 1.165) is 19.1 Å². The molecular formula is C32H38F4N4O4. The Labute approximate surface area is 254 Å². The summed E-state index contributed by atoms with van der Waals surface area (Å²) in [6.07, 6.45) is -1.29. The van der Waals surface area contributed by atoms with Crippen LogP contribution in [-0.4, -0.2) is 74.1 Å². The molecule has 1 fully saturated rings. The maximum atomic E-state index is 14.6. The normalized spacial score (nSPS) is 15.5. The second-order valence-corrected chi connectivity index (χ2v) is 12.5. The third-order valence-corrected chi connectivity index (χ3v) is 7.88. The Kier molecular flexibility index (Phi) is 9.14. The highest BCUT2D eigenvalue weighted by molar-refractivity contribution is 6.11. The summed E-state index contributed by atoms with van der Waals surface area (Å²) in [5.74, 6) is -2.35. The molecule has 8 nitrogen and oxygen atoms in total. The molecule has 1 aliphatic heterocycles. The molecule has 0 spiro atoms. The summed E-state index contributed by atoms with van der Waals surface area (Å²) in [6.45, 7) is 11.5. The Morgan fingerprint density at radius 1 is 1.05 bits per heavy atom. The molecule has 2 aromatic heterocycles. The van der Waals surface area contributed by atoms with Gasteiger partial charge in [0.25, 0.3) is 5.91 Å². The minimum atomic E-state index is -4.70. The van der Waals surface area contributed by atoms with Crippen LogP contribution in [0.1, 0.15) is 80.8 Å². The van der Waals surface area contributed by atoms with E-state index in [0.29, 0.717) is 53.0 Å². The molecule has 0 radical (unpaired) electrons. The number of fused-ring (bicyclic) bond motifs is 1. The number of halogens is 4. The predicted molar refractivity (Wildman–Crippen MR) is 157 cm³/mol. The molecule has 3 aromatic rings. The van der Waals surface area contributed by atoms with Crippen LogP contribution in [0, 0.1) is 18.7 Å². The number of carbonyl (C=O) groups excluding carboxylic acids is 3. The van der Waals surface area contributed by atoms with E-state index < -0.39 is 47.6 Å². The molecule has 0 aliphatic carbocycles. The lowest BCUT2D eigenvalue weighted by Crippen LogP contribution is -2.50. The number of Topliss-reactive ketones (excluding diaryl/α,β-unsaturated/α-hetero) is 1. The number of rotatable bonds is 6. The maximum absolute atomic E-state index is 14.6. The van der Waals surface area contributed by atoms with E-state index in [1.807, 2.05) is 0 Å². The van der Waals surface area contributed by atoms with E-state index in [1.165, 1.54) is 32.3 Å². The number of alkyl halides is 3. The number of ketones is 1. The van der Waals surface area contributed by atoms with Crippen molar-refractivity contribution >= 4 is 28.7 Å². The van der Waals surface area contributed by atoms with Gasteiger partial charge in [-0.05, 0) is 85.6 Å². The minimum absolute atomic E-state index is 0.130. The maximum Gasteiger partial charge on any atom is 0.410 e. The van der Waals surface area contributed by atoms with E-state index in [9.17, 15) is 31.9 Å². The quantitative estimate of drug-likeness (QED) is 0.217. The fourth-order valence-corrected chi connectivity index (χ4v) is 5.77. The van der Waals surface area contributed by atoms with Crippen LogP contribution in [0.15, 0.2) is 36.7 Å². The number of carbonyl (C=O) groups is 3. The van der Waals surface area contributed by atoms with Gasteiger partial charge in [-0.25, -0.2) is 9.18 Å². The van der Waals surface area contributed by atoms with Crippen LogP contribution in [0.4, 0.5) is 22.4 Å². The van der Waals surface area contributed by atoms with Gasteiger partial charge in [-0.15, -0.1) is 0 Å². The molecular weight excluding hydrogens is 580 g/mol. The van der Waals surface area contributed by atoms with Crippen LogP contribution in [0.2, 0.25) is 0 Å². The Bertz CT molecular complexity index is 1570. The van der Waals surface area contributed by atoms with Crippen molar-refractivity contribution < 1.29 is 36.7 Å². The van der Waals surface area contributed by atoms with Crippen molar-refractivity contribution in [3.05, 3.63) is 59.3 Å². The second kappa shape index (κ2) is 12.2. The fourth-order valence-electron chi connectivity index (χ4n) is 5.77. The van der Waals surface area contributed by atoms with Crippen molar-refractivity contribution in [1.29, 1.82) is 0 Å². The summed E-state index contributed by atoms with van der Waals surface area (Å²) < 4.78 is 62.9. The van der Waals surface area contributed by atoms with Crippen molar-refractivity contribution in [2.24, 2.45) is 5.92 Å². The van der Waals surface area contributed by atoms with E-state index in [1.54, 1.807) is 43.2 Å². The van der Waals surface area contributed by atoms with Gasteiger partial charge in [0.05, 0.1) is 23.0 Å². The van der Waals surface area contributed by atoms with Gasteiger partial charge in [0.1, 0.15) is 17.5 Å². The summed E-state index contributed by atoms with van der Waals surface area (Å²) in [4.78, 5) is 46.8. The minimum Gasteiger partial charge on any atom is -0.444 e. The smallest absolute Gasteiger partial charge is 0.410 e. The molecule has 4 rings (SSSR count). The number of pyridine rings is 1. The lowest BCUT2D eigenvalue weighted by atomic mass is 9.88. The van der Waals surface area contributed by atoms with E-state index >= 15 is 0 Å². The van der Waals surface area contributed by atoms with Crippen LogP contribution in [0.3, 0.4) is 0 Å². The highest BCUT2D eigenvalue weighted by Gasteiger charge is 2.44. The van der Waals surface area contributed by atoms with Gasteiger partial charge in [-0.1, -0.05) is 0 Å². The summed E-state index contributed by atoms with van der Waals surface area (Å²) in [7, 11) is 0. The number of hydrogen-bond donors (Lipinski definition) is 0. The van der Waals surface area contributed by atoms with Gasteiger partial charge in [-0.2, -0.15) is 13.2 Å². The third-order valence-electron chi connectivity index (χ3n) is 7.88. The molecule has 12 heteroatoms. The molecule has 0 saturated carbocycles.